The average molecular weight is 654 g/mol. The number of hydrogen-bond acceptors (Lipinski definition) is 10. The largest absolute Gasteiger partial charge is 0.485 e. The van der Waals surface area contributed by atoms with Gasteiger partial charge in [-0.3, -0.25) is 34.2 Å². The Labute approximate surface area is 276 Å². The molecule has 3 aromatic carbocycles. The van der Waals surface area contributed by atoms with Crippen molar-refractivity contribution in [2.75, 3.05) is 13.2 Å². The molecule has 5 amide bonds. The van der Waals surface area contributed by atoms with Gasteiger partial charge in [-0.2, -0.15) is 10.2 Å². The fraction of sp³-hybridized carbons (Fsp3) is 0.314. The van der Waals surface area contributed by atoms with E-state index in [2.05, 4.69) is 20.9 Å². The molecule has 2 N–H and O–H groups in total. The number of nitrogens with one attached hydrogen (secondary N) is 2. The lowest BCUT2D eigenvalue weighted by Crippen LogP contribution is -2.54. The minimum Gasteiger partial charge on any atom is -0.485 e. The highest BCUT2D eigenvalue weighted by molar-refractivity contribution is 6.24. The van der Waals surface area contributed by atoms with Crippen LogP contribution >= 0.6 is 0 Å². The van der Waals surface area contributed by atoms with Crippen molar-refractivity contribution in [3.8, 4) is 5.75 Å². The Morgan fingerprint density at radius 1 is 0.896 bits per heavy atom. The number of nitrogens with zero attached hydrogens (tertiary/aromatic N) is 3. The second kappa shape index (κ2) is 14.4. The topological polar surface area (TPSA) is 173 Å². The molecule has 248 valence electrons. The number of benzene rings is 3. The molecule has 0 spiro atoms. The fourth-order valence-corrected chi connectivity index (χ4v) is 5.19. The van der Waals surface area contributed by atoms with E-state index in [1.165, 1.54) is 18.2 Å². The number of carbonyl (C=O) groups is 6. The Balaban J connectivity index is 1.10. The molecule has 1 saturated heterocycles. The SMILES string of the molecule is CC(C)(C)OC(=O)NCCc1ccc(N=Nc2ccc(CC(=O)COc3cccc4c3C(=O)N(C3CCC(=O)NC3=O)C4=O)cc2)cc1. The van der Waals surface area contributed by atoms with Gasteiger partial charge in [0, 0.05) is 19.4 Å². The van der Waals surface area contributed by atoms with E-state index < -0.39 is 41.4 Å². The van der Waals surface area contributed by atoms with Crippen LogP contribution in [0.2, 0.25) is 0 Å². The van der Waals surface area contributed by atoms with E-state index in [9.17, 15) is 28.8 Å². The van der Waals surface area contributed by atoms with Crippen LogP contribution in [0.15, 0.2) is 77.0 Å². The number of imide groups is 2. The van der Waals surface area contributed by atoms with Crippen LogP contribution in [0.1, 0.15) is 65.5 Å². The minimum absolute atomic E-state index is 0.0124. The van der Waals surface area contributed by atoms with Gasteiger partial charge in [0.25, 0.3) is 11.8 Å². The number of ether oxygens (including phenoxy) is 2. The highest BCUT2D eigenvalue weighted by Crippen LogP contribution is 2.33. The monoisotopic (exact) mass is 653 g/mol. The molecule has 1 atom stereocenters. The summed E-state index contributed by atoms with van der Waals surface area (Å²) in [6.45, 7) is 5.53. The van der Waals surface area contributed by atoms with Gasteiger partial charge in [-0.05, 0) is 81.1 Å². The molecule has 0 radical (unpaired) electrons. The summed E-state index contributed by atoms with van der Waals surface area (Å²) in [6, 6.07) is 17.9. The van der Waals surface area contributed by atoms with E-state index in [0.717, 1.165) is 16.0 Å². The second-order valence-corrected chi connectivity index (χ2v) is 12.3. The fourth-order valence-electron chi connectivity index (χ4n) is 5.19. The van der Waals surface area contributed by atoms with Crippen LogP contribution in [-0.2, 0) is 32.0 Å². The van der Waals surface area contributed by atoms with E-state index in [1.54, 1.807) is 24.3 Å². The van der Waals surface area contributed by atoms with E-state index in [-0.39, 0.29) is 48.5 Å². The summed E-state index contributed by atoms with van der Waals surface area (Å²) in [4.78, 5) is 75.5. The Morgan fingerprint density at radius 3 is 2.17 bits per heavy atom. The molecule has 2 aliphatic rings. The lowest BCUT2D eigenvalue weighted by Gasteiger charge is -2.27. The smallest absolute Gasteiger partial charge is 0.407 e. The van der Waals surface area contributed by atoms with Crippen molar-refractivity contribution >= 4 is 46.9 Å². The molecule has 2 aliphatic heterocycles. The van der Waals surface area contributed by atoms with Gasteiger partial charge >= 0.3 is 6.09 Å². The third-order valence-corrected chi connectivity index (χ3v) is 7.46. The van der Waals surface area contributed by atoms with Crippen LogP contribution in [0, 0.1) is 0 Å². The lowest BCUT2D eigenvalue weighted by molar-refractivity contribution is -0.136. The first-order valence-electron chi connectivity index (χ1n) is 15.4. The highest BCUT2D eigenvalue weighted by atomic mass is 16.6. The maximum atomic E-state index is 13.2. The molecule has 13 heteroatoms. The van der Waals surface area contributed by atoms with Gasteiger partial charge in [0.05, 0.1) is 22.5 Å². The van der Waals surface area contributed by atoms with Gasteiger partial charge in [-0.1, -0.05) is 30.3 Å². The molecule has 13 nitrogen and oxygen atoms in total. The van der Waals surface area contributed by atoms with Crippen LogP contribution in [0.5, 0.6) is 5.75 Å². The predicted octanol–water partition coefficient (Wildman–Crippen LogP) is 4.76. The summed E-state index contributed by atoms with van der Waals surface area (Å²) in [7, 11) is 0. The average Bonchev–Trinajstić information content (AvgIpc) is 3.29. The molecule has 0 aromatic heterocycles. The van der Waals surface area contributed by atoms with Crippen molar-refractivity contribution in [3.63, 3.8) is 0 Å². The number of fused-ring (bicyclic) bond motifs is 1. The second-order valence-electron chi connectivity index (χ2n) is 12.3. The summed E-state index contributed by atoms with van der Waals surface area (Å²) < 4.78 is 10.9. The molecule has 1 unspecified atom stereocenters. The van der Waals surface area contributed by atoms with Gasteiger partial charge in [0.15, 0.2) is 5.78 Å². The van der Waals surface area contributed by atoms with Crippen LogP contribution in [-0.4, -0.2) is 65.2 Å². The van der Waals surface area contributed by atoms with Gasteiger partial charge in [-0.15, -0.1) is 0 Å². The number of ketones is 1. The molecule has 5 rings (SSSR count). The zero-order chi connectivity index (χ0) is 34.4. The first kappa shape index (κ1) is 33.6. The van der Waals surface area contributed by atoms with E-state index in [0.29, 0.717) is 24.3 Å². The number of piperidine rings is 1. The molecule has 2 heterocycles. The molecular formula is C35H35N5O8. The van der Waals surface area contributed by atoms with Crippen molar-refractivity contribution in [2.24, 2.45) is 10.2 Å². The number of Topliss-reactive ketones (excluding diaryl/α,β-unsaturated/α-hetero) is 1. The zero-order valence-corrected chi connectivity index (χ0v) is 26.8. The Bertz CT molecular complexity index is 1780. The third-order valence-electron chi connectivity index (χ3n) is 7.46. The Kier molecular flexibility index (Phi) is 10.1. The van der Waals surface area contributed by atoms with Crippen molar-refractivity contribution < 1.29 is 38.2 Å². The molecule has 3 aromatic rings. The maximum Gasteiger partial charge on any atom is 0.407 e. The van der Waals surface area contributed by atoms with Crippen LogP contribution in [0.4, 0.5) is 16.2 Å². The Morgan fingerprint density at radius 2 is 1.54 bits per heavy atom. The first-order chi connectivity index (χ1) is 22.9. The van der Waals surface area contributed by atoms with Gasteiger partial charge in [0.1, 0.15) is 24.0 Å². The molecule has 0 saturated carbocycles. The summed E-state index contributed by atoms with van der Waals surface area (Å²) in [5, 5.41) is 13.4. The van der Waals surface area contributed by atoms with E-state index >= 15 is 0 Å². The summed E-state index contributed by atoms with van der Waals surface area (Å²) in [5.41, 5.74) is 2.51. The standard InChI is InChI=1S/C35H35N5O8/c1-35(2,3)48-34(46)36-18-17-21-7-11-23(12-8-21)38-39-24-13-9-22(10-14-24)19-25(41)20-47-28-6-4-5-26-30(28)33(45)40(32(26)44)27-15-16-29(42)37-31(27)43/h4-14,27H,15-20H2,1-3H3,(H,36,46)(H,37,42,43). The van der Waals surface area contributed by atoms with Crippen LogP contribution in [0.3, 0.4) is 0 Å². The Hall–Kier alpha value is -5.72. The van der Waals surface area contributed by atoms with Crippen LogP contribution < -0.4 is 15.4 Å². The number of rotatable bonds is 11. The summed E-state index contributed by atoms with van der Waals surface area (Å²) >= 11 is 0. The van der Waals surface area contributed by atoms with Crippen molar-refractivity contribution in [2.45, 2.75) is 58.1 Å². The number of amides is 5. The number of hydrogen-bond donors (Lipinski definition) is 2. The number of alkyl carbamates (subject to hydrolysis) is 1. The normalized spacial score (nSPS) is 16.1. The molecule has 0 aliphatic carbocycles. The van der Waals surface area contributed by atoms with E-state index in [1.807, 2.05) is 45.0 Å². The van der Waals surface area contributed by atoms with E-state index in [4.69, 9.17) is 9.47 Å². The first-order valence-corrected chi connectivity index (χ1v) is 15.4. The van der Waals surface area contributed by atoms with Gasteiger partial charge in [0.2, 0.25) is 11.8 Å². The van der Waals surface area contributed by atoms with Crippen molar-refractivity contribution in [1.82, 2.24) is 15.5 Å². The zero-order valence-electron chi connectivity index (χ0n) is 26.8. The quantitative estimate of drug-likeness (QED) is 0.220. The van der Waals surface area contributed by atoms with Gasteiger partial charge in [-0.25, -0.2) is 4.79 Å². The highest BCUT2D eigenvalue weighted by Gasteiger charge is 2.46. The molecular weight excluding hydrogens is 618 g/mol. The number of azo groups is 1. The molecule has 1 fully saturated rings. The van der Waals surface area contributed by atoms with Crippen molar-refractivity contribution in [1.29, 1.82) is 0 Å². The summed E-state index contributed by atoms with van der Waals surface area (Å²) in [5.74, 6) is -2.72. The van der Waals surface area contributed by atoms with Crippen LogP contribution in [0.25, 0.3) is 0 Å². The summed E-state index contributed by atoms with van der Waals surface area (Å²) in [6.07, 6.45) is 0.293. The van der Waals surface area contributed by atoms with Gasteiger partial charge < -0.3 is 14.8 Å². The molecule has 0 bridgehead atoms. The number of carbonyl (C=O) groups excluding carboxylic acids is 6. The lowest BCUT2D eigenvalue weighted by atomic mass is 10.0. The third kappa shape index (κ3) is 8.35. The van der Waals surface area contributed by atoms with Crippen molar-refractivity contribution in [3.05, 3.63) is 89.0 Å². The maximum absolute atomic E-state index is 13.2. The molecule has 48 heavy (non-hydrogen) atoms. The minimum atomic E-state index is -1.10. The predicted molar refractivity (Wildman–Crippen MR) is 172 cm³/mol.